The molecule has 1 amide bonds. The van der Waals surface area contributed by atoms with Gasteiger partial charge in [0.25, 0.3) is 0 Å². The first-order valence-corrected chi connectivity index (χ1v) is 6.85. The van der Waals surface area contributed by atoms with E-state index in [4.69, 9.17) is 10.5 Å². The summed E-state index contributed by atoms with van der Waals surface area (Å²) in [7, 11) is 0. The lowest BCUT2D eigenvalue weighted by atomic mass is 10.0. The molecule has 4 heteroatoms. The van der Waals surface area contributed by atoms with Crippen molar-refractivity contribution in [3.05, 3.63) is 35.4 Å². The van der Waals surface area contributed by atoms with Gasteiger partial charge < -0.3 is 15.4 Å². The maximum Gasteiger partial charge on any atom is 0.227 e. The summed E-state index contributed by atoms with van der Waals surface area (Å²) < 4.78 is 5.30. The topological polar surface area (TPSA) is 55.6 Å². The molecule has 0 spiro atoms. The van der Waals surface area contributed by atoms with Crippen LogP contribution in [0.15, 0.2) is 24.3 Å². The molecule has 0 saturated heterocycles. The Morgan fingerprint density at radius 1 is 1.26 bits per heavy atom. The SMILES string of the molecule is CCOCCN(CC)C(=O)Cc1ccccc1CN. The molecule has 0 bridgehead atoms. The predicted octanol–water partition coefficient (Wildman–Crippen LogP) is 1.57. The highest BCUT2D eigenvalue weighted by Crippen LogP contribution is 2.10. The van der Waals surface area contributed by atoms with Crippen LogP contribution in [0, 0.1) is 0 Å². The van der Waals surface area contributed by atoms with Crippen LogP contribution in [0.3, 0.4) is 0 Å². The van der Waals surface area contributed by atoms with Gasteiger partial charge >= 0.3 is 0 Å². The number of nitrogens with zero attached hydrogens (tertiary/aromatic N) is 1. The normalized spacial score (nSPS) is 10.5. The van der Waals surface area contributed by atoms with Crippen LogP contribution in [0.5, 0.6) is 0 Å². The summed E-state index contributed by atoms with van der Waals surface area (Å²) in [5.74, 6) is 0.128. The molecule has 1 aromatic carbocycles. The smallest absolute Gasteiger partial charge is 0.227 e. The second-order valence-corrected chi connectivity index (χ2v) is 4.32. The molecule has 0 aromatic heterocycles. The Kier molecular flexibility index (Phi) is 7.15. The summed E-state index contributed by atoms with van der Waals surface area (Å²) in [4.78, 5) is 14.1. The summed E-state index contributed by atoms with van der Waals surface area (Å²) in [6.45, 7) is 7.03. The molecule has 0 saturated carbocycles. The monoisotopic (exact) mass is 264 g/mol. The minimum Gasteiger partial charge on any atom is -0.380 e. The van der Waals surface area contributed by atoms with Gasteiger partial charge in [0.1, 0.15) is 0 Å². The Morgan fingerprint density at radius 3 is 2.53 bits per heavy atom. The van der Waals surface area contributed by atoms with E-state index in [1.807, 2.05) is 43.0 Å². The zero-order chi connectivity index (χ0) is 14.1. The van der Waals surface area contributed by atoms with Crippen LogP contribution in [0.4, 0.5) is 0 Å². The number of rotatable bonds is 8. The van der Waals surface area contributed by atoms with Gasteiger partial charge in [-0.3, -0.25) is 4.79 Å². The second-order valence-electron chi connectivity index (χ2n) is 4.32. The van der Waals surface area contributed by atoms with E-state index in [1.165, 1.54) is 0 Å². The highest BCUT2D eigenvalue weighted by molar-refractivity contribution is 5.79. The maximum atomic E-state index is 12.2. The van der Waals surface area contributed by atoms with E-state index < -0.39 is 0 Å². The molecule has 0 heterocycles. The molecule has 1 aromatic rings. The number of ether oxygens (including phenoxy) is 1. The minimum atomic E-state index is 0.128. The highest BCUT2D eigenvalue weighted by Gasteiger charge is 2.13. The van der Waals surface area contributed by atoms with Gasteiger partial charge in [0.05, 0.1) is 13.0 Å². The van der Waals surface area contributed by atoms with Crippen molar-refractivity contribution in [1.29, 1.82) is 0 Å². The lowest BCUT2D eigenvalue weighted by Crippen LogP contribution is -2.35. The van der Waals surface area contributed by atoms with Gasteiger partial charge in [-0.25, -0.2) is 0 Å². The molecular weight excluding hydrogens is 240 g/mol. The predicted molar refractivity (Wildman–Crippen MR) is 76.8 cm³/mol. The van der Waals surface area contributed by atoms with E-state index in [9.17, 15) is 4.79 Å². The molecule has 0 aliphatic carbocycles. The van der Waals surface area contributed by atoms with E-state index in [1.54, 1.807) is 0 Å². The van der Waals surface area contributed by atoms with Crippen LogP contribution in [0.25, 0.3) is 0 Å². The fraction of sp³-hybridized carbons (Fsp3) is 0.533. The molecule has 0 aliphatic rings. The van der Waals surface area contributed by atoms with E-state index in [0.717, 1.165) is 11.1 Å². The Morgan fingerprint density at radius 2 is 1.95 bits per heavy atom. The lowest BCUT2D eigenvalue weighted by Gasteiger charge is -2.21. The third-order valence-electron chi connectivity index (χ3n) is 3.12. The van der Waals surface area contributed by atoms with Gasteiger partial charge in [-0.15, -0.1) is 0 Å². The van der Waals surface area contributed by atoms with Crippen LogP contribution in [0.1, 0.15) is 25.0 Å². The van der Waals surface area contributed by atoms with Gasteiger partial charge in [0.2, 0.25) is 5.91 Å². The van der Waals surface area contributed by atoms with Crippen molar-refractivity contribution in [2.45, 2.75) is 26.8 Å². The molecule has 0 aliphatic heterocycles. The molecule has 106 valence electrons. The summed E-state index contributed by atoms with van der Waals surface area (Å²) >= 11 is 0. The Balaban J connectivity index is 2.60. The average molecular weight is 264 g/mol. The first-order valence-electron chi connectivity index (χ1n) is 6.85. The third kappa shape index (κ3) is 5.01. The number of nitrogens with two attached hydrogens (primary N) is 1. The van der Waals surface area contributed by atoms with Gasteiger partial charge in [-0.05, 0) is 25.0 Å². The molecule has 0 unspecified atom stereocenters. The van der Waals surface area contributed by atoms with Gasteiger partial charge in [-0.2, -0.15) is 0 Å². The molecule has 0 atom stereocenters. The molecule has 0 fully saturated rings. The number of hydrogen-bond acceptors (Lipinski definition) is 3. The first kappa shape index (κ1) is 15.7. The van der Waals surface area contributed by atoms with Crippen molar-refractivity contribution in [3.63, 3.8) is 0 Å². The van der Waals surface area contributed by atoms with Crippen LogP contribution >= 0.6 is 0 Å². The largest absolute Gasteiger partial charge is 0.380 e. The Hall–Kier alpha value is -1.39. The van der Waals surface area contributed by atoms with Crippen molar-refractivity contribution >= 4 is 5.91 Å². The number of benzene rings is 1. The molecule has 1 rings (SSSR count). The average Bonchev–Trinajstić information content (AvgIpc) is 2.44. The van der Waals surface area contributed by atoms with Crippen molar-refractivity contribution < 1.29 is 9.53 Å². The van der Waals surface area contributed by atoms with Gasteiger partial charge in [0, 0.05) is 26.2 Å². The number of hydrogen-bond donors (Lipinski definition) is 1. The number of carbonyl (C=O) groups excluding carboxylic acids is 1. The summed E-state index contributed by atoms with van der Waals surface area (Å²) in [6, 6.07) is 7.83. The van der Waals surface area contributed by atoms with E-state index >= 15 is 0 Å². The Bertz CT molecular complexity index is 393. The number of carbonyl (C=O) groups is 1. The highest BCUT2D eigenvalue weighted by atomic mass is 16.5. The summed E-state index contributed by atoms with van der Waals surface area (Å²) in [5, 5.41) is 0. The van der Waals surface area contributed by atoms with Crippen molar-refractivity contribution in [3.8, 4) is 0 Å². The van der Waals surface area contributed by atoms with Gasteiger partial charge in [0.15, 0.2) is 0 Å². The van der Waals surface area contributed by atoms with Crippen LogP contribution in [-0.4, -0.2) is 37.1 Å². The van der Waals surface area contributed by atoms with E-state index in [-0.39, 0.29) is 5.91 Å². The molecule has 2 N–H and O–H groups in total. The molecule has 0 radical (unpaired) electrons. The Labute approximate surface area is 115 Å². The standard InChI is InChI=1S/C15H24N2O2/c1-3-17(9-10-19-4-2)15(18)11-13-7-5-6-8-14(13)12-16/h5-8H,3-4,9-12,16H2,1-2H3. The van der Waals surface area contributed by atoms with Gasteiger partial charge in [-0.1, -0.05) is 24.3 Å². The second kappa shape index (κ2) is 8.67. The first-order chi connectivity index (χ1) is 9.22. The number of likely N-dealkylation sites (N-methyl/N-ethyl adjacent to an activating group) is 1. The number of amides is 1. The molecule has 19 heavy (non-hydrogen) atoms. The van der Waals surface area contributed by atoms with E-state index in [2.05, 4.69) is 0 Å². The molecule has 4 nitrogen and oxygen atoms in total. The zero-order valence-corrected chi connectivity index (χ0v) is 11.9. The van der Waals surface area contributed by atoms with Crippen molar-refractivity contribution in [2.24, 2.45) is 5.73 Å². The fourth-order valence-electron chi connectivity index (χ4n) is 1.98. The fourth-order valence-corrected chi connectivity index (χ4v) is 1.98. The quantitative estimate of drug-likeness (QED) is 0.725. The third-order valence-corrected chi connectivity index (χ3v) is 3.12. The maximum absolute atomic E-state index is 12.2. The van der Waals surface area contributed by atoms with Crippen LogP contribution < -0.4 is 5.73 Å². The zero-order valence-electron chi connectivity index (χ0n) is 11.9. The van der Waals surface area contributed by atoms with Crippen molar-refractivity contribution in [2.75, 3.05) is 26.3 Å². The van der Waals surface area contributed by atoms with Crippen LogP contribution in [-0.2, 0) is 22.5 Å². The summed E-state index contributed by atoms with van der Waals surface area (Å²) in [6.07, 6.45) is 0.410. The summed E-state index contributed by atoms with van der Waals surface area (Å²) in [5.41, 5.74) is 7.75. The van der Waals surface area contributed by atoms with E-state index in [0.29, 0.717) is 39.3 Å². The lowest BCUT2D eigenvalue weighted by molar-refractivity contribution is -0.131. The molecular formula is C15H24N2O2. The van der Waals surface area contributed by atoms with Crippen molar-refractivity contribution in [1.82, 2.24) is 4.90 Å². The van der Waals surface area contributed by atoms with Crippen LogP contribution in [0.2, 0.25) is 0 Å². The minimum absolute atomic E-state index is 0.128.